The van der Waals surface area contributed by atoms with Crippen LogP contribution in [-0.4, -0.2) is 48.2 Å². The van der Waals surface area contributed by atoms with E-state index in [9.17, 15) is 4.79 Å². The van der Waals surface area contributed by atoms with Crippen molar-refractivity contribution in [3.05, 3.63) is 16.8 Å². The van der Waals surface area contributed by atoms with Crippen molar-refractivity contribution in [1.82, 2.24) is 15.3 Å². The summed E-state index contributed by atoms with van der Waals surface area (Å²) in [6.45, 7) is 3.83. The Morgan fingerprint density at radius 1 is 1.17 bits per heavy atom. The lowest BCUT2D eigenvalue weighted by Crippen LogP contribution is -2.30. The summed E-state index contributed by atoms with van der Waals surface area (Å²) in [6, 6.07) is 0.507. The molecular weight excluding hydrogens is 386 g/mol. The molecule has 0 aromatic carbocycles. The molecule has 1 saturated heterocycles. The average Bonchev–Trinajstić information content (AvgIpc) is 3.15. The van der Waals surface area contributed by atoms with E-state index in [1.807, 2.05) is 0 Å². The van der Waals surface area contributed by atoms with Crippen molar-refractivity contribution in [2.45, 2.75) is 57.4 Å². The van der Waals surface area contributed by atoms with Crippen LogP contribution in [0.4, 0.5) is 5.82 Å². The van der Waals surface area contributed by atoms with Crippen LogP contribution >= 0.6 is 11.3 Å². The number of nitrogens with zero attached hydrogens (tertiary/aromatic N) is 2. The molecule has 1 unspecified atom stereocenters. The number of amides is 1. The van der Waals surface area contributed by atoms with Gasteiger partial charge in [-0.2, -0.15) is 0 Å². The molecule has 0 bridgehead atoms. The zero-order chi connectivity index (χ0) is 20.1. The van der Waals surface area contributed by atoms with Crippen molar-refractivity contribution < 1.29 is 9.53 Å². The van der Waals surface area contributed by atoms with E-state index in [0.29, 0.717) is 6.04 Å². The fourth-order valence-corrected chi connectivity index (χ4v) is 5.60. The van der Waals surface area contributed by atoms with Crippen molar-refractivity contribution >= 4 is 33.3 Å². The van der Waals surface area contributed by atoms with E-state index in [1.54, 1.807) is 17.7 Å². The Bertz CT molecular complexity index is 818. The van der Waals surface area contributed by atoms with Crippen LogP contribution < -0.4 is 16.4 Å². The highest BCUT2D eigenvalue weighted by Gasteiger charge is 2.28. The second kappa shape index (κ2) is 9.82. The van der Waals surface area contributed by atoms with Gasteiger partial charge in [-0.15, -0.1) is 11.3 Å². The van der Waals surface area contributed by atoms with Gasteiger partial charge in [0.1, 0.15) is 17.0 Å². The van der Waals surface area contributed by atoms with E-state index < -0.39 is 0 Å². The summed E-state index contributed by atoms with van der Waals surface area (Å²) in [6.07, 6.45) is 10.5. The minimum Gasteiger partial charge on any atom is -0.379 e. The lowest BCUT2D eigenvalue weighted by molar-refractivity contribution is -0.122. The van der Waals surface area contributed by atoms with E-state index in [0.717, 1.165) is 61.6 Å². The Morgan fingerprint density at radius 3 is 2.62 bits per heavy atom. The predicted octanol–water partition coefficient (Wildman–Crippen LogP) is 2.63. The quantitative estimate of drug-likeness (QED) is 0.710. The molecule has 8 heteroatoms. The molecule has 0 spiro atoms. The van der Waals surface area contributed by atoms with E-state index in [2.05, 4.69) is 20.6 Å². The second-order valence-electron chi connectivity index (χ2n) is 8.09. The normalized spacial score (nSPS) is 22.4. The topological polar surface area (TPSA) is 102 Å². The Hall–Kier alpha value is -1.77. The van der Waals surface area contributed by atoms with Crippen LogP contribution in [0.1, 0.15) is 49.0 Å². The first-order valence-electron chi connectivity index (χ1n) is 10.8. The molecule has 0 radical (unpaired) electrons. The Morgan fingerprint density at radius 2 is 1.97 bits per heavy atom. The maximum absolute atomic E-state index is 11.6. The Balaban J connectivity index is 0.000000294. The molecule has 7 nitrogen and oxygen atoms in total. The number of thiophene rings is 1. The Kier molecular flexibility index (Phi) is 6.94. The van der Waals surface area contributed by atoms with Crippen LogP contribution in [0.15, 0.2) is 6.33 Å². The smallest absolute Gasteiger partial charge is 0.220 e. The molecule has 1 aliphatic heterocycles. The van der Waals surface area contributed by atoms with Gasteiger partial charge in [-0.05, 0) is 37.7 Å². The molecule has 158 valence electrons. The SMILES string of the molecule is C1COCCN1.NC(=O)C1CCc2sc3ncnc(NC4CCCCC4)c3c2C1. The maximum Gasteiger partial charge on any atom is 0.220 e. The summed E-state index contributed by atoms with van der Waals surface area (Å²) in [5.41, 5.74) is 6.79. The van der Waals surface area contributed by atoms with Crippen molar-refractivity contribution in [3.8, 4) is 0 Å². The molecule has 3 heterocycles. The minimum atomic E-state index is -0.186. The summed E-state index contributed by atoms with van der Waals surface area (Å²) in [7, 11) is 0. The molecule has 2 fully saturated rings. The van der Waals surface area contributed by atoms with Crippen LogP contribution in [0.5, 0.6) is 0 Å². The number of rotatable bonds is 3. The van der Waals surface area contributed by atoms with Gasteiger partial charge < -0.3 is 21.1 Å². The monoisotopic (exact) mass is 417 g/mol. The third-order valence-electron chi connectivity index (χ3n) is 6.04. The summed E-state index contributed by atoms with van der Waals surface area (Å²) >= 11 is 1.75. The fraction of sp³-hybridized carbons (Fsp3) is 0.667. The number of aryl methyl sites for hydroxylation is 1. The number of anilines is 1. The van der Waals surface area contributed by atoms with Crippen molar-refractivity contribution in [3.63, 3.8) is 0 Å². The summed E-state index contributed by atoms with van der Waals surface area (Å²) in [5, 5.41) is 7.93. The van der Waals surface area contributed by atoms with Gasteiger partial charge in [-0.25, -0.2) is 9.97 Å². The van der Waals surface area contributed by atoms with E-state index in [-0.39, 0.29) is 11.8 Å². The molecule has 2 aromatic heterocycles. The molecule has 1 amide bonds. The Labute approximate surface area is 175 Å². The van der Waals surface area contributed by atoms with Crippen LogP contribution in [-0.2, 0) is 22.4 Å². The third-order valence-corrected chi connectivity index (χ3v) is 7.24. The number of hydrogen-bond donors (Lipinski definition) is 3. The second-order valence-corrected chi connectivity index (χ2v) is 9.17. The number of morpholine rings is 1. The number of nitrogens with two attached hydrogens (primary N) is 1. The first-order chi connectivity index (χ1) is 14.2. The number of carbonyl (C=O) groups excluding carboxylic acids is 1. The summed E-state index contributed by atoms with van der Waals surface area (Å²) < 4.78 is 5.01. The lowest BCUT2D eigenvalue weighted by atomic mass is 9.86. The molecule has 1 atom stereocenters. The van der Waals surface area contributed by atoms with Gasteiger partial charge in [0.05, 0.1) is 18.6 Å². The first kappa shape index (κ1) is 20.5. The van der Waals surface area contributed by atoms with Gasteiger partial charge in [-0.3, -0.25) is 4.79 Å². The predicted molar refractivity (Wildman–Crippen MR) is 116 cm³/mol. The number of primary amides is 1. The van der Waals surface area contributed by atoms with Crippen molar-refractivity contribution in [2.24, 2.45) is 11.7 Å². The van der Waals surface area contributed by atoms with Crippen LogP contribution in [0.2, 0.25) is 0 Å². The van der Waals surface area contributed by atoms with E-state index in [4.69, 9.17) is 10.5 Å². The maximum atomic E-state index is 11.6. The molecule has 4 N–H and O–H groups in total. The van der Waals surface area contributed by atoms with Gasteiger partial charge in [0.25, 0.3) is 0 Å². The zero-order valence-corrected chi connectivity index (χ0v) is 17.7. The summed E-state index contributed by atoms with van der Waals surface area (Å²) in [4.78, 5) is 23.0. The van der Waals surface area contributed by atoms with Gasteiger partial charge in [-0.1, -0.05) is 19.3 Å². The largest absolute Gasteiger partial charge is 0.379 e. The molecule has 2 aromatic rings. The number of ether oxygens (including phenoxy) is 1. The van der Waals surface area contributed by atoms with Crippen molar-refractivity contribution in [1.29, 1.82) is 0 Å². The number of hydrogen-bond acceptors (Lipinski definition) is 7. The van der Waals surface area contributed by atoms with E-state index in [1.165, 1.54) is 42.5 Å². The van der Waals surface area contributed by atoms with Gasteiger partial charge in [0.15, 0.2) is 0 Å². The summed E-state index contributed by atoms with van der Waals surface area (Å²) in [5.74, 6) is 0.709. The highest BCUT2D eigenvalue weighted by atomic mass is 32.1. The van der Waals surface area contributed by atoms with Gasteiger partial charge in [0.2, 0.25) is 5.91 Å². The average molecular weight is 418 g/mol. The van der Waals surface area contributed by atoms with Crippen LogP contribution in [0, 0.1) is 5.92 Å². The zero-order valence-electron chi connectivity index (χ0n) is 16.9. The molecular formula is C21H31N5O2S. The molecule has 3 aliphatic rings. The van der Waals surface area contributed by atoms with Crippen molar-refractivity contribution in [2.75, 3.05) is 31.6 Å². The standard InChI is InChI=1S/C17H22N4OS.C4H9NO/c18-15(22)10-6-7-13-12(8-10)14-16(19-9-20-17(14)23-13)21-11-4-2-1-3-5-11;1-3-6-4-2-5-1/h9-11H,1-8H2,(H2,18,22)(H,19,20,21);5H,1-4H2. The fourth-order valence-electron chi connectivity index (χ4n) is 4.42. The highest BCUT2D eigenvalue weighted by Crippen LogP contribution is 2.40. The molecule has 29 heavy (non-hydrogen) atoms. The lowest BCUT2D eigenvalue weighted by Gasteiger charge is -2.24. The van der Waals surface area contributed by atoms with Crippen LogP contribution in [0.25, 0.3) is 10.2 Å². The van der Waals surface area contributed by atoms with Gasteiger partial charge in [0, 0.05) is 29.9 Å². The number of carbonyl (C=O) groups is 1. The van der Waals surface area contributed by atoms with Gasteiger partial charge >= 0.3 is 0 Å². The van der Waals surface area contributed by atoms with Crippen LogP contribution in [0.3, 0.4) is 0 Å². The third kappa shape index (κ3) is 5.05. The number of nitrogens with one attached hydrogen (secondary N) is 2. The molecule has 2 aliphatic carbocycles. The first-order valence-corrected chi connectivity index (χ1v) is 11.6. The number of fused-ring (bicyclic) bond motifs is 3. The molecule has 1 saturated carbocycles. The van der Waals surface area contributed by atoms with E-state index >= 15 is 0 Å². The number of aromatic nitrogens is 2. The molecule has 5 rings (SSSR count). The minimum absolute atomic E-state index is 0.0527. The highest BCUT2D eigenvalue weighted by molar-refractivity contribution is 7.19.